The third-order valence-corrected chi connectivity index (χ3v) is 4.93. The molecule has 0 atom stereocenters. The number of aromatic nitrogens is 1. The van der Waals surface area contributed by atoms with E-state index in [-0.39, 0.29) is 5.78 Å². The highest BCUT2D eigenvalue weighted by Gasteiger charge is 2.03. The summed E-state index contributed by atoms with van der Waals surface area (Å²) in [6.07, 6.45) is 7.35. The average Bonchev–Trinajstić information content (AvgIpc) is 3.33. The van der Waals surface area contributed by atoms with E-state index in [0.29, 0.717) is 17.2 Å². The van der Waals surface area contributed by atoms with Gasteiger partial charge in [0.1, 0.15) is 12.4 Å². The molecule has 0 spiro atoms. The fraction of sp³-hybridized carbons (Fsp3) is 0.0385. The van der Waals surface area contributed by atoms with Gasteiger partial charge in [-0.2, -0.15) is 0 Å². The van der Waals surface area contributed by atoms with Crippen LogP contribution in [0.2, 0.25) is 5.02 Å². The number of hydrogen-bond acceptors (Lipinski definition) is 2. The topological polar surface area (TPSA) is 31.2 Å². The number of allylic oxidation sites excluding steroid dienone is 1. The van der Waals surface area contributed by atoms with Gasteiger partial charge in [0.15, 0.2) is 5.78 Å². The quantitative estimate of drug-likeness (QED) is 0.252. The number of halogens is 1. The van der Waals surface area contributed by atoms with Gasteiger partial charge in [-0.25, -0.2) is 0 Å². The molecule has 1 aromatic heterocycles. The van der Waals surface area contributed by atoms with Crippen LogP contribution in [0.5, 0.6) is 5.75 Å². The number of hydrogen-bond donors (Lipinski definition) is 0. The van der Waals surface area contributed by atoms with E-state index < -0.39 is 0 Å². The Morgan fingerprint density at radius 2 is 1.53 bits per heavy atom. The van der Waals surface area contributed by atoms with Crippen molar-refractivity contribution in [2.24, 2.45) is 0 Å². The van der Waals surface area contributed by atoms with Gasteiger partial charge in [-0.3, -0.25) is 4.79 Å². The zero-order valence-electron chi connectivity index (χ0n) is 16.2. The van der Waals surface area contributed by atoms with Crippen molar-refractivity contribution in [1.82, 2.24) is 4.57 Å². The van der Waals surface area contributed by atoms with Crippen molar-refractivity contribution in [3.63, 3.8) is 0 Å². The lowest BCUT2D eigenvalue weighted by atomic mass is 10.1. The molecule has 0 aliphatic rings. The largest absolute Gasteiger partial charge is 0.489 e. The fourth-order valence-corrected chi connectivity index (χ4v) is 3.12. The normalized spacial score (nSPS) is 11.0. The number of ketones is 1. The summed E-state index contributed by atoms with van der Waals surface area (Å²) in [5, 5.41) is 0.710. The molecule has 0 N–H and O–H groups in total. The van der Waals surface area contributed by atoms with Crippen LogP contribution in [0.4, 0.5) is 0 Å². The highest BCUT2D eigenvalue weighted by molar-refractivity contribution is 6.30. The van der Waals surface area contributed by atoms with Crippen molar-refractivity contribution < 1.29 is 9.53 Å². The van der Waals surface area contributed by atoms with Gasteiger partial charge in [-0.1, -0.05) is 41.9 Å². The van der Waals surface area contributed by atoms with Crippen molar-refractivity contribution in [3.05, 3.63) is 125 Å². The average molecular weight is 414 g/mol. The third kappa shape index (κ3) is 5.07. The van der Waals surface area contributed by atoms with E-state index in [0.717, 1.165) is 22.6 Å². The van der Waals surface area contributed by atoms with Gasteiger partial charge < -0.3 is 9.30 Å². The summed E-state index contributed by atoms with van der Waals surface area (Å²) in [5.74, 6) is 0.742. The Morgan fingerprint density at radius 3 is 2.20 bits per heavy atom. The predicted molar refractivity (Wildman–Crippen MR) is 121 cm³/mol. The van der Waals surface area contributed by atoms with E-state index in [2.05, 4.69) is 0 Å². The van der Waals surface area contributed by atoms with Crippen LogP contribution in [-0.4, -0.2) is 10.4 Å². The van der Waals surface area contributed by atoms with Crippen LogP contribution >= 0.6 is 11.6 Å². The molecular formula is C26H20ClNO2. The highest BCUT2D eigenvalue weighted by atomic mass is 35.5. The molecule has 3 nitrogen and oxygen atoms in total. The SMILES string of the molecule is O=C(/C=C/c1ccc(OCc2ccc(Cl)cc2)cc1)c1ccc(-n2cccc2)cc1. The summed E-state index contributed by atoms with van der Waals surface area (Å²) in [6, 6.07) is 26.7. The number of benzene rings is 3. The lowest BCUT2D eigenvalue weighted by molar-refractivity contribution is 0.104. The van der Waals surface area contributed by atoms with Gasteiger partial charge in [0.2, 0.25) is 0 Å². The van der Waals surface area contributed by atoms with Crippen LogP contribution in [0.25, 0.3) is 11.8 Å². The van der Waals surface area contributed by atoms with Crippen molar-refractivity contribution in [3.8, 4) is 11.4 Å². The van der Waals surface area contributed by atoms with Gasteiger partial charge >= 0.3 is 0 Å². The van der Waals surface area contributed by atoms with Crippen LogP contribution in [0.15, 0.2) is 103 Å². The van der Waals surface area contributed by atoms with Crippen molar-refractivity contribution in [2.45, 2.75) is 6.61 Å². The second-order valence-corrected chi connectivity index (χ2v) is 7.26. The first-order valence-electron chi connectivity index (χ1n) is 9.60. The number of ether oxygens (including phenoxy) is 1. The molecule has 0 aliphatic heterocycles. The first-order valence-corrected chi connectivity index (χ1v) is 9.98. The maximum atomic E-state index is 12.4. The number of nitrogens with zero attached hydrogens (tertiary/aromatic N) is 1. The van der Waals surface area contributed by atoms with Gasteiger partial charge in [-0.15, -0.1) is 0 Å². The van der Waals surface area contributed by atoms with Gasteiger partial charge in [0.25, 0.3) is 0 Å². The molecule has 0 saturated carbocycles. The molecule has 4 heteroatoms. The minimum atomic E-state index is -0.0304. The summed E-state index contributed by atoms with van der Waals surface area (Å²) in [7, 11) is 0. The smallest absolute Gasteiger partial charge is 0.185 e. The van der Waals surface area contributed by atoms with Crippen molar-refractivity contribution in [2.75, 3.05) is 0 Å². The predicted octanol–water partition coefficient (Wildman–Crippen LogP) is 6.61. The molecule has 30 heavy (non-hydrogen) atoms. The Labute approximate surface area is 180 Å². The monoisotopic (exact) mass is 413 g/mol. The molecule has 0 radical (unpaired) electrons. The lowest BCUT2D eigenvalue weighted by Crippen LogP contribution is -1.96. The number of carbonyl (C=O) groups excluding carboxylic acids is 1. The minimum Gasteiger partial charge on any atom is -0.489 e. The zero-order valence-corrected chi connectivity index (χ0v) is 17.0. The Morgan fingerprint density at radius 1 is 0.867 bits per heavy atom. The molecule has 3 aromatic carbocycles. The van der Waals surface area contributed by atoms with Crippen LogP contribution < -0.4 is 4.74 Å². The van der Waals surface area contributed by atoms with E-state index in [4.69, 9.17) is 16.3 Å². The molecule has 148 valence electrons. The summed E-state index contributed by atoms with van der Waals surface area (Å²) in [6.45, 7) is 0.476. The van der Waals surface area contributed by atoms with Crippen LogP contribution in [0.3, 0.4) is 0 Å². The summed E-state index contributed by atoms with van der Waals surface area (Å²) in [5.41, 5.74) is 3.67. The molecule has 0 unspecified atom stereocenters. The summed E-state index contributed by atoms with van der Waals surface area (Å²) in [4.78, 5) is 12.4. The van der Waals surface area contributed by atoms with Crippen LogP contribution in [-0.2, 0) is 6.61 Å². The Balaban J connectivity index is 1.34. The first-order chi connectivity index (χ1) is 14.7. The van der Waals surface area contributed by atoms with E-state index >= 15 is 0 Å². The highest BCUT2D eigenvalue weighted by Crippen LogP contribution is 2.17. The molecule has 0 bridgehead atoms. The van der Waals surface area contributed by atoms with Gasteiger partial charge in [0, 0.05) is 28.7 Å². The zero-order chi connectivity index (χ0) is 20.8. The molecule has 0 aliphatic carbocycles. The van der Waals surface area contributed by atoms with E-state index in [1.807, 2.05) is 108 Å². The van der Waals surface area contributed by atoms with E-state index in [1.54, 1.807) is 6.08 Å². The molecule has 1 heterocycles. The van der Waals surface area contributed by atoms with Crippen LogP contribution in [0.1, 0.15) is 21.5 Å². The molecule has 0 fully saturated rings. The second kappa shape index (κ2) is 9.29. The lowest BCUT2D eigenvalue weighted by Gasteiger charge is -2.06. The Bertz CT molecular complexity index is 1130. The molecule has 4 rings (SSSR count). The fourth-order valence-electron chi connectivity index (χ4n) is 3.00. The molecule has 0 amide bonds. The molecule has 4 aromatic rings. The summed E-state index contributed by atoms with van der Waals surface area (Å²) >= 11 is 5.89. The van der Waals surface area contributed by atoms with E-state index in [9.17, 15) is 4.79 Å². The minimum absolute atomic E-state index is 0.0304. The maximum Gasteiger partial charge on any atom is 0.185 e. The Hall–Kier alpha value is -3.56. The number of carbonyl (C=O) groups is 1. The molecular weight excluding hydrogens is 394 g/mol. The Kier molecular flexibility index (Phi) is 6.11. The summed E-state index contributed by atoms with van der Waals surface area (Å²) < 4.78 is 7.79. The van der Waals surface area contributed by atoms with E-state index in [1.165, 1.54) is 0 Å². The number of rotatable bonds is 7. The van der Waals surface area contributed by atoms with Crippen molar-refractivity contribution >= 4 is 23.5 Å². The van der Waals surface area contributed by atoms with Gasteiger partial charge in [0.05, 0.1) is 0 Å². The maximum absolute atomic E-state index is 12.4. The van der Waals surface area contributed by atoms with Crippen LogP contribution in [0, 0.1) is 0 Å². The van der Waals surface area contributed by atoms with Crippen molar-refractivity contribution in [1.29, 1.82) is 0 Å². The standard InChI is InChI=1S/C26H20ClNO2/c27-23-10-3-21(4-11-23)19-30-25-14-5-20(6-15-25)7-16-26(29)22-8-12-24(13-9-22)28-17-1-2-18-28/h1-18H,19H2/b16-7+. The third-order valence-electron chi connectivity index (χ3n) is 4.68. The molecule has 0 saturated heterocycles. The first kappa shape index (κ1) is 19.7. The van der Waals surface area contributed by atoms with Gasteiger partial charge in [-0.05, 0) is 77.9 Å². The second-order valence-electron chi connectivity index (χ2n) is 6.82.